The summed E-state index contributed by atoms with van der Waals surface area (Å²) in [4.78, 5) is 1.62. The van der Waals surface area contributed by atoms with Crippen molar-refractivity contribution in [3.63, 3.8) is 0 Å². The summed E-state index contributed by atoms with van der Waals surface area (Å²) in [5.74, 6) is 0.433. The number of para-hydroxylation sites is 1. The van der Waals surface area contributed by atoms with Crippen LogP contribution >= 0.6 is 0 Å². The summed E-state index contributed by atoms with van der Waals surface area (Å²) in [6.45, 7) is 0. The van der Waals surface area contributed by atoms with Crippen molar-refractivity contribution in [2.75, 3.05) is 14.1 Å². The Kier molecular flexibility index (Phi) is 2.74. The zero-order valence-corrected chi connectivity index (χ0v) is 7.60. The van der Waals surface area contributed by atoms with Gasteiger partial charge in [-0.2, -0.15) is 0 Å². The van der Waals surface area contributed by atoms with Crippen molar-refractivity contribution in [1.82, 2.24) is 4.90 Å². The van der Waals surface area contributed by atoms with E-state index in [4.69, 9.17) is 5.21 Å². The highest BCUT2D eigenvalue weighted by Crippen LogP contribution is 2.17. The van der Waals surface area contributed by atoms with E-state index in [1.807, 2.05) is 0 Å². The molecule has 0 aromatic heterocycles. The van der Waals surface area contributed by atoms with Gasteiger partial charge in [0.15, 0.2) is 5.84 Å². The van der Waals surface area contributed by atoms with Crippen molar-refractivity contribution in [3.05, 3.63) is 29.8 Å². The van der Waals surface area contributed by atoms with Crippen LogP contribution < -0.4 is 0 Å². The van der Waals surface area contributed by atoms with Gasteiger partial charge in [0.25, 0.3) is 0 Å². The maximum atomic E-state index is 9.44. The molecule has 70 valence electrons. The summed E-state index contributed by atoms with van der Waals surface area (Å²) in [6, 6.07) is 6.71. The normalized spacial score (nSPS) is 11.4. The maximum Gasteiger partial charge on any atom is 0.178 e. The minimum Gasteiger partial charge on any atom is -0.507 e. The lowest BCUT2D eigenvalue weighted by Gasteiger charge is -2.14. The molecule has 0 saturated carbocycles. The van der Waals surface area contributed by atoms with E-state index in [9.17, 15) is 5.11 Å². The van der Waals surface area contributed by atoms with Gasteiger partial charge in [-0.1, -0.05) is 17.3 Å². The van der Waals surface area contributed by atoms with Crippen molar-refractivity contribution in [3.8, 4) is 5.75 Å². The first-order valence-electron chi connectivity index (χ1n) is 3.84. The van der Waals surface area contributed by atoms with E-state index in [2.05, 4.69) is 5.16 Å². The number of hydrogen-bond acceptors (Lipinski definition) is 3. The van der Waals surface area contributed by atoms with Crippen molar-refractivity contribution >= 4 is 5.84 Å². The third kappa shape index (κ3) is 1.90. The van der Waals surface area contributed by atoms with Crippen LogP contribution in [0.5, 0.6) is 5.75 Å². The molecule has 13 heavy (non-hydrogen) atoms. The van der Waals surface area contributed by atoms with Crippen molar-refractivity contribution < 1.29 is 10.3 Å². The zero-order valence-electron chi connectivity index (χ0n) is 7.60. The van der Waals surface area contributed by atoms with E-state index < -0.39 is 0 Å². The average molecular weight is 180 g/mol. The smallest absolute Gasteiger partial charge is 0.178 e. The van der Waals surface area contributed by atoms with Gasteiger partial charge in [-0.25, -0.2) is 0 Å². The number of benzene rings is 1. The molecular formula is C9H12N2O2. The summed E-state index contributed by atoms with van der Waals surface area (Å²) in [7, 11) is 3.48. The SMILES string of the molecule is CN(C)/C(=N/O)c1ccccc1O. The molecule has 0 heterocycles. The molecule has 0 aliphatic carbocycles. The highest BCUT2D eigenvalue weighted by atomic mass is 16.4. The largest absolute Gasteiger partial charge is 0.507 e. The van der Waals surface area contributed by atoms with Crippen molar-refractivity contribution in [2.24, 2.45) is 5.16 Å². The Morgan fingerprint density at radius 1 is 1.31 bits per heavy atom. The lowest BCUT2D eigenvalue weighted by molar-refractivity contribution is 0.310. The fraction of sp³-hybridized carbons (Fsp3) is 0.222. The van der Waals surface area contributed by atoms with Gasteiger partial charge in [0.05, 0.1) is 5.56 Å². The molecule has 0 atom stereocenters. The Hall–Kier alpha value is -1.71. The van der Waals surface area contributed by atoms with Crippen LogP contribution in [0.4, 0.5) is 0 Å². The third-order valence-electron chi connectivity index (χ3n) is 1.66. The van der Waals surface area contributed by atoms with Gasteiger partial charge in [0, 0.05) is 14.1 Å². The fourth-order valence-corrected chi connectivity index (χ4v) is 1.05. The number of aromatic hydroxyl groups is 1. The molecule has 0 fully saturated rings. The van der Waals surface area contributed by atoms with E-state index in [1.54, 1.807) is 43.3 Å². The number of rotatable bonds is 1. The topological polar surface area (TPSA) is 56.1 Å². The van der Waals surface area contributed by atoms with E-state index in [1.165, 1.54) is 0 Å². The molecule has 1 aromatic carbocycles. The van der Waals surface area contributed by atoms with Crippen LogP contribution in [0, 0.1) is 0 Å². The molecule has 1 aromatic rings. The molecule has 1 rings (SSSR count). The van der Waals surface area contributed by atoms with Crippen LogP contribution in [0.2, 0.25) is 0 Å². The van der Waals surface area contributed by atoms with Crippen LogP contribution in [0.15, 0.2) is 29.4 Å². The maximum absolute atomic E-state index is 9.44. The summed E-state index contributed by atoms with van der Waals surface area (Å²) in [5.41, 5.74) is 0.509. The lowest BCUT2D eigenvalue weighted by atomic mass is 10.2. The number of nitrogens with zero attached hydrogens (tertiary/aromatic N) is 2. The molecule has 0 aliphatic rings. The monoisotopic (exact) mass is 180 g/mol. The lowest BCUT2D eigenvalue weighted by Crippen LogP contribution is -2.23. The molecular weight excluding hydrogens is 168 g/mol. The molecule has 0 saturated heterocycles. The van der Waals surface area contributed by atoms with Gasteiger partial charge in [0.2, 0.25) is 0 Å². The molecule has 0 radical (unpaired) electrons. The van der Waals surface area contributed by atoms with Crippen LogP contribution in [-0.4, -0.2) is 35.1 Å². The Morgan fingerprint density at radius 3 is 2.38 bits per heavy atom. The van der Waals surface area contributed by atoms with Crippen molar-refractivity contribution in [2.45, 2.75) is 0 Å². The fourth-order valence-electron chi connectivity index (χ4n) is 1.05. The number of phenolic OH excluding ortho intramolecular Hbond substituents is 1. The highest BCUT2D eigenvalue weighted by Gasteiger charge is 2.10. The van der Waals surface area contributed by atoms with E-state index >= 15 is 0 Å². The molecule has 0 unspecified atom stereocenters. The second-order valence-electron chi connectivity index (χ2n) is 2.84. The van der Waals surface area contributed by atoms with E-state index in [0.717, 1.165) is 0 Å². The molecule has 0 bridgehead atoms. The first-order chi connectivity index (χ1) is 6.16. The highest BCUT2D eigenvalue weighted by molar-refractivity contribution is 6.00. The Bertz CT molecular complexity index is 321. The molecule has 0 spiro atoms. The number of amidine groups is 1. The predicted octanol–water partition coefficient (Wildman–Crippen LogP) is 1.09. The quantitative estimate of drug-likeness (QED) is 0.294. The Balaban J connectivity index is 3.13. The van der Waals surface area contributed by atoms with Gasteiger partial charge in [0.1, 0.15) is 5.75 Å². The molecule has 2 N–H and O–H groups in total. The number of phenols is 1. The summed E-state index contributed by atoms with van der Waals surface area (Å²) in [6.07, 6.45) is 0. The molecule has 0 aliphatic heterocycles. The molecule has 4 nitrogen and oxygen atoms in total. The van der Waals surface area contributed by atoms with Gasteiger partial charge in [-0.3, -0.25) is 0 Å². The van der Waals surface area contributed by atoms with Crippen LogP contribution in [-0.2, 0) is 0 Å². The standard InChI is InChI=1S/C9H12N2O2/c1-11(2)9(10-13)7-5-3-4-6-8(7)12/h3-6,12-13H,1-2H3/b10-9+. The minimum absolute atomic E-state index is 0.101. The van der Waals surface area contributed by atoms with Crippen molar-refractivity contribution in [1.29, 1.82) is 0 Å². The van der Waals surface area contributed by atoms with Crippen LogP contribution in [0.3, 0.4) is 0 Å². The number of hydrogen-bond donors (Lipinski definition) is 2. The van der Waals surface area contributed by atoms with Crippen LogP contribution in [0.1, 0.15) is 5.56 Å². The Labute approximate surface area is 76.7 Å². The third-order valence-corrected chi connectivity index (χ3v) is 1.66. The first kappa shape index (κ1) is 9.38. The van der Waals surface area contributed by atoms with Gasteiger partial charge >= 0.3 is 0 Å². The Morgan fingerprint density at radius 2 is 1.92 bits per heavy atom. The summed E-state index contributed by atoms with van der Waals surface area (Å²) in [5, 5.41) is 21.3. The predicted molar refractivity (Wildman–Crippen MR) is 50.1 cm³/mol. The minimum atomic E-state index is 0.101. The number of oxime groups is 1. The molecule has 4 heteroatoms. The van der Waals surface area contributed by atoms with Gasteiger partial charge in [-0.05, 0) is 12.1 Å². The average Bonchev–Trinajstić information content (AvgIpc) is 2.09. The van der Waals surface area contributed by atoms with E-state index in [0.29, 0.717) is 11.4 Å². The van der Waals surface area contributed by atoms with Crippen LogP contribution in [0.25, 0.3) is 0 Å². The summed E-state index contributed by atoms with van der Waals surface area (Å²) < 4.78 is 0. The van der Waals surface area contributed by atoms with Gasteiger partial charge in [-0.15, -0.1) is 0 Å². The summed E-state index contributed by atoms with van der Waals surface area (Å²) >= 11 is 0. The van der Waals surface area contributed by atoms with E-state index in [-0.39, 0.29) is 5.75 Å². The zero-order chi connectivity index (χ0) is 9.84. The second-order valence-corrected chi connectivity index (χ2v) is 2.84. The molecule has 0 amide bonds. The first-order valence-corrected chi connectivity index (χ1v) is 3.84. The van der Waals surface area contributed by atoms with Gasteiger partial charge < -0.3 is 15.2 Å². The second kappa shape index (κ2) is 3.80.